The van der Waals surface area contributed by atoms with Gasteiger partial charge in [0.25, 0.3) is 0 Å². The number of amides is 1. The van der Waals surface area contributed by atoms with Gasteiger partial charge < -0.3 is 9.30 Å². The van der Waals surface area contributed by atoms with Gasteiger partial charge in [0.05, 0.1) is 27.4 Å². The molecule has 0 radical (unpaired) electrons. The van der Waals surface area contributed by atoms with Gasteiger partial charge in [0.1, 0.15) is 5.65 Å². The topological polar surface area (TPSA) is 37.6 Å². The van der Waals surface area contributed by atoms with Crippen molar-refractivity contribution in [1.82, 2.24) is 14.3 Å². The lowest BCUT2D eigenvalue weighted by Crippen LogP contribution is -2.24. The van der Waals surface area contributed by atoms with E-state index < -0.39 is 109 Å². The van der Waals surface area contributed by atoms with Crippen LogP contribution in [0, 0.1) is 13.8 Å². The molecule has 0 N–H and O–H groups in total. The van der Waals surface area contributed by atoms with E-state index in [-0.39, 0.29) is 5.56 Å². The van der Waals surface area contributed by atoms with Crippen molar-refractivity contribution < 1.29 is 29.5 Å². The van der Waals surface area contributed by atoms with Crippen LogP contribution in [0.15, 0.2) is 42.4 Å². The van der Waals surface area contributed by atoms with Crippen LogP contribution >= 0.6 is 0 Å². The second-order valence-corrected chi connectivity index (χ2v) is 4.47. The highest BCUT2D eigenvalue weighted by molar-refractivity contribution is 5.81. The van der Waals surface area contributed by atoms with E-state index in [1.54, 1.807) is 0 Å². The molecule has 2 aromatic heterocycles. The van der Waals surface area contributed by atoms with Crippen LogP contribution in [0.2, 0.25) is 0 Å². The maximum Gasteiger partial charge on any atom is 0.228 e. The SMILES string of the molecule is [2H]c1c([2H])c(-c2nc3c([2H])c([2H])c(C([2H])([2H])[2H])c([2H])n3c2C([2H])([2H])C(=O)N(C([2H])([2H])[2H])C([2H])([2H])[2H])c([2H])c([2H])c1C. The molecule has 0 aliphatic heterocycles. The minimum Gasteiger partial charge on any atom is -0.348 e. The van der Waals surface area contributed by atoms with E-state index in [1.807, 2.05) is 0 Å². The van der Waals surface area contributed by atoms with Crippen molar-refractivity contribution in [3.63, 3.8) is 0 Å². The fraction of sp³-hybridized carbons (Fsp3) is 0.263. The van der Waals surface area contributed by atoms with Gasteiger partial charge in [-0.15, -0.1) is 0 Å². The molecule has 23 heavy (non-hydrogen) atoms. The smallest absolute Gasteiger partial charge is 0.228 e. The van der Waals surface area contributed by atoms with E-state index in [0.29, 0.717) is 4.40 Å². The highest BCUT2D eigenvalue weighted by Crippen LogP contribution is 2.26. The van der Waals surface area contributed by atoms with Crippen LogP contribution in [-0.4, -0.2) is 34.1 Å². The summed E-state index contributed by atoms with van der Waals surface area (Å²) in [6.07, 6.45) is -5.01. The molecule has 3 rings (SSSR count). The first-order valence-corrected chi connectivity index (χ1v) is 6.24. The number of likely N-dealkylation sites (N-methyl/N-ethyl adjacent to an activating group) is 1. The van der Waals surface area contributed by atoms with Gasteiger partial charge in [0, 0.05) is 40.8 Å². The molecule has 0 unspecified atom stereocenters. The van der Waals surface area contributed by atoms with E-state index in [0.717, 1.165) is 0 Å². The number of hydrogen-bond acceptors (Lipinski definition) is 2. The third-order valence-corrected chi connectivity index (χ3v) is 2.82. The number of carbonyl (C=O) groups excluding carboxylic acids is 1. The molecule has 118 valence electrons. The largest absolute Gasteiger partial charge is 0.348 e. The lowest BCUT2D eigenvalue weighted by Gasteiger charge is -2.11. The number of carbonyl (C=O) groups is 1. The first kappa shape index (κ1) is 4.69. The second kappa shape index (κ2) is 5.88. The number of imidazole rings is 1. The quantitative estimate of drug-likeness (QED) is 0.741. The molecule has 3 aromatic rings. The summed E-state index contributed by atoms with van der Waals surface area (Å²) in [6.45, 7) is -9.48. The Morgan fingerprint density at radius 3 is 2.70 bits per heavy atom. The summed E-state index contributed by atoms with van der Waals surface area (Å²) in [6, 6.07) is -4.89. The van der Waals surface area contributed by atoms with E-state index in [9.17, 15) is 4.79 Å². The van der Waals surface area contributed by atoms with Crippen molar-refractivity contribution in [2.75, 3.05) is 14.0 Å². The molecule has 2 heterocycles. The Kier molecular flexibility index (Phi) is 1.20. The molecule has 0 bridgehead atoms. The van der Waals surface area contributed by atoms with Crippen molar-refractivity contribution in [3.8, 4) is 11.3 Å². The molecule has 0 saturated heterocycles. The van der Waals surface area contributed by atoms with Gasteiger partial charge >= 0.3 is 0 Å². The Morgan fingerprint density at radius 1 is 1.26 bits per heavy atom. The van der Waals surface area contributed by atoms with Crippen molar-refractivity contribution in [2.24, 2.45) is 0 Å². The van der Waals surface area contributed by atoms with Gasteiger partial charge in [0.2, 0.25) is 5.91 Å². The summed E-state index contributed by atoms with van der Waals surface area (Å²) in [4.78, 5) is 16.7. The predicted octanol–water partition coefficient (Wildman–Crippen LogP) is 3.25. The number of benzene rings is 1. The van der Waals surface area contributed by atoms with Crippen LogP contribution in [0.4, 0.5) is 0 Å². The molecule has 0 fully saturated rings. The predicted molar refractivity (Wildman–Crippen MR) is 92.5 cm³/mol. The minimum atomic E-state index is -3.82. The van der Waals surface area contributed by atoms with Crippen LogP contribution in [0.25, 0.3) is 16.9 Å². The first-order valence-electron chi connectivity index (χ1n) is 15.2. The summed E-state index contributed by atoms with van der Waals surface area (Å²) in [7, 11) is 0. The van der Waals surface area contributed by atoms with E-state index in [4.69, 9.17) is 24.7 Å². The summed E-state index contributed by atoms with van der Waals surface area (Å²) < 4.78 is 144. The van der Waals surface area contributed by atoms with Crippen LogP contribution in [0.5, 0.6) is 0 Å². The molecular formula is C19H21N3O. The third-order valence-electron chi connectivity index (χ3n) is 2.82. The van der Waals surface area contributed by atoms with Crippen LogP contribution in [0.1, 0.15) is 41.5 Å². The second-order valence-electron chi connectivity index (χ2n) is 4.47. The monoisotopic (exact) mass is 325 g/mol. The van der Waals surface area contributed by atoms with Gasteiger partial charge in [-0.2, -0.15) is 0 Å². The highest BCUT2D eigenvalue weighted by atomic mass is 16.2. The summed E-state index contributed by atoms with van der Waals surface area (Å²) in [5.74, 6) is -2.22. The molecule has 0 saturated carbocycles. The van der Waals surface area contributed by atoms with Gasteiger partial charge in [-0.25, -0.2) is 4.98 Å². The standard InChI is InChI=1S/C19H21N3O/c1-13-5-8-15(9-6-13)19-16(11-18(23)21(3)4)22-12-14(2)7-10-17(22)20-19/h5-10,12H,11H2,1-4H3/i2D3,3D3,4D3,5D,6D,7D,8D,9D,10D,11D2,12D. The number of pyridine rings is 1. The van der Waals surface area contributed by atoms with Gasteiger partial charge in [0.15, 0.2) is 0 Å². The summed E-state index contributed by atoms with van der Waals surface area (Å²) >= 11 is 0. The Hall–Kier alpha value is -2.62. The van der Waals surface area contributed by atoms with E-state index in [2.05, 4.69) is 4.98 Å². The lowest BCUT2D eigenvalue weighted by molar-refractivity contribution is -0.128. The minimum absolute atomic E-state index is 0.135. The molecule has 1 aromatic carbocycles. The van der Waals surface area contributed by atoms with Crippen LogP contribution in [0.3, 0.4) is 0 Å². The van der Waals surface area contributed by atoms with Crippen molar-refractivity contribution in [3.05, 3.63) is 59.2 Å². The summed E-state index contributed by atoms with van der Waals surface area (Å²) in [5, 5.41) is 0. The van der Waals surface area contributed by atoms with Gasteiger partial charge in [-0.05, 0) is 25.4 Å². The fourth-order valence-corrected chi connectivity index (χ4v) is 1.81. The number of aromatic nitrogens is 2. The van der Waals surface area contributed by atoms with Gasteiger partial charge in [-0.1, -0.05) is 35.8 Å². The molecular weight excluding hydrogens is 286 g/mol. The maximum atomic E-state index is 13.5. The zero-order chi connectivity index (χ0) is 31.9. The van der Waals surface area contributed by atoms with E-state index in [1.165, 1.54) is 6.92 Å². The molecule has 1 amide bonds. The average Bonchev–Trinajstić information content (AvgIpc) is 3.19. The number of rotatable bonds is 3. The molecule has 4 heteroatoms. The van der Waals surface area contributed by atoms with Gasteiger partial charge in [-0.3, -0.25) is 4.79 Å². The normalized spacial score (nSPS) is 24.6. The zero-order valence-corrected chi connectivity index (χ0v) is 11.7. The molecule has 0 atom stereocenters. The number of hydrogen-bond donors (Lipinski definition) is 0. The third kappa shape index (κ3) is 2.97. The fourth-order valence-electron chi connectivity index (χ4n) is 1.81. The molecule has 4 nitrogen and oxygen atoms in total. The van der Waals surface area contributed by atoms with Crippen molar-refractivity contribution in [2.45, 2.75) is 20.1 Å². The number of fused-ring (bicyclic) bond motifs is 1. The highest BCUT2D eigenvalue weighted by Gasteiger charge is 2.18. The Balaban J connectivity index is 2.69. The van der Waals surface area contributed by atoms with E-state index >= 15 is 0 Å². The van der Waals surface area contributed by atoms with Crippen LogP contribution < -0.4 is 0 Å². The Labute approximate surface area is 161 Å². The summed E-state index contributed by atoms with van der Waals surface area (Å²) in [5.41, 5.74) is -4.97. The maximum absolute atomic E-state index is 13.5. The van der Waals surface area contributed by atoms with Crippen molar-refractivity contribution >= 4 is 11.6 Å². The lowest BCUT2D eigenvalue weighted by atomic mass is 10.1. The molecule has 0 aliphatic carbocycles. The van der Waals surface area contributed by atoms with Crippen molar-refractivity contribution in [1.29, 1.82) is 0 Å². The number of nitrogens with zero attached hydrogens (tertiary/aromatic N) is 3. The zero-order valence-electron chi connectivity index (χ0n) is 29.7. The first-order chi connectivity index (χ1) is 18.3. The average molecular weight is 326 g/mol. The molecule has 0 aliphatic rings. The Morgan fingerprint density at radius 2 is 2.00 bits per heavy atom. The van der Waals surface area contributed by atoms with Crippen LogP contribution in [-0.2, 0) is 11.2 Å². The molecule has 0 spiro atoms. The Bertz CT molecular complexity index is 1540.